The number of anilines is 3. The first kappa shape index (κ1) is 15.7. The number of rotatable bonds is 4. The number of aromatic nitrogens is 1. The predicted molar refractivity (Wildman–Crippen MR) is 93.1 cm³/mol. The van der Waals surface area contributed by atoms with Crippen LogP contribution in [0, 0.1) is 12.7 Å². The zero-order valence-corrected chi connectivity index (χ0v) is 13.1. The van der Waals surface area contributed by atoms with Gasteiger partial charge in [0.05, 0.1) is 11.9 Å². The predicted octanol–water partition coefficient (Wildman–Crippen LogP) is 4.53. The molecule has 0 aliphatic carbocycles. The van der Waals surface area contributed by atoms with Gasteiger partial charge in [-0.3, -0.25) is 4.79 Å². The van der Waals surface area contributed by atoms with Crippen molar-refractivity contribution >= 4 is 23.1 Å². The van der Waals surface area contributed by atoms with Crippen LogP contribution in [0.15, 0.2) is 66.9 Å². The number of nitrogens with zero attached hydrogens (tertiary/aromatic N) is 1. The summed E-state index contributed by atoms with van der Waals surface area (Å²) in [4.78, 5) is 16.3. The van der Waals surface area contributed by atoms with Crippen molar-refractivity contribution in [2.24, 2.45) is 0 Å². The molecule has 0 saturated heterocycles. The molecule has 1 amide bonds. The molecule has 0 saturated carbocycles. The second-order valence-corrected chi connectivity index (χ2v) is 5.39. The number of aryl methyl sites for hydroxylation is 1. The third-order valence-electron chi connectivity index (χ3n) is 3.42. The Morgan fingerprint density at radius 3 is 2.46 bits per heavy atom. The highest BCUT2D eigenvalue weighted by atomic mass is 19.1. The molecule has 0 spiro atoms. The minimum absolute atomic E-state index is 0.309. The number of carbonyl (C=O) groups is 1. The van der Waals surface area contributed by atoms with Crippen molar-refractivity contribution in [1.29, 1.82) is 0 Å². The van der Waals surface area contributed by atoms with Gasteiger partial charge in [-0.05, 0) is 61.0 Å². The molecule has 1 aromatic heterocycles. The van der Waals surface area contributed by atoms with E-state index < -0.39 is 0 Å². The zero-order valence-electron chi connectivity index (χ0n) is 13.1. The van der Waals surface area contributed by atoms with Crippen molar-refractivity contribution in [1.82, 2.24) is 4.98 Å². The molecule has 0 aliphatic heterocycles. The lowest BCUT2D eigenvalue weighted by molar-refractivity contribution is 0.102. The molecule has 0 radical (unpaired) electrons. The van der Waals surface area contributed by atoms with E-state index in [-0.39, 0.29) is 11.7 Å². The average molecular weight is 321 g/mol. The van der Waals surface area contributed by atoms with Crippen molar-refractivity contribution in [3.8, 4) is 0 Å². The summed E-state index contributed by atoms with van der Waals surface area (Å²) in [6, 6.07) is 16.9. The Balaban J connectivity index is 1.66. The maximum atomic E-state index is 12.9. The lowest BCUT2D eigenvalue weighted by Crippen LogP contribution is -2.12. The Labute approximate surface area is 139 Å². The van der Waals surface area contributed by atoms with Gasteiger partial charge in [-0.15, -0.1) is 0 Å². The summed E-state index contributed by atoms with van der Waals surface area (Å²) in [6.45, 7) is 2.02. The van der Waals surface area contributed by atoms with Gasteiger partial charge in [0.2, 0.25) is 0 Å². The summed E-state index contributed by atoms with van der Waals surface area (Å²) in [6.07, 6.45) is 1.57. The van der Waals surface area contributed by atoms with Gasteiger partial charge in [0.25, 0.3) is 5.91 Å². The highest BCUT2D eigenvalue weighted by Crippen LogP contribution is 2.17. The number of hydrogen-bond acceptors (Lipinski definition) is 3. The van der Waals surface area contributed by atoms with E-state index in [2.05, 4.69) is 15.6 Å². The molecule has 24 heavy (non-hydrogen) atoms. The first-order valence-corrected chi connectivity index (χ1v) is 7.47. The number of hydrogen-bond donors (Lipinski definition) is 2. The molecule has 0 fully saturated rings. The van der Waals surface area contributed by atoms with Crippen LogP contribution in [0.3, 0.4) is 0 Å². The van der Waals surface area contributed by atoms with Gasteiger partial charge in [0, 0.05) is 11.3 Å². The summed E-state index contributed by atoms with van der Waals surface area (Å²) in [5.74, 6) is -0.00336. The summed E-state index contributed by atoms with van der Waals surface area (Å²) in [5, 5.41) is 5.92. The SMILES string of the molecule is Cc1cccc(Nc2ccc(NC(=O)c3ccc(F)cc3)cn2)c1. The van der Waals surface area contributed by atoms with Gasteiger partial charge in [-0.2, -0.15) is 0 Å². The second-order valence-electron chi connectivity index (χ2n) is 5.39. The zero-order chi connectivity index (χ0) is 16.9. The van der Waals surface area contributed by atoms with E-state index in [4.69, 9.17) is 0 Å². The number of halogens is 1. The minimum Gasteiger partial charge on any atom is -0.340 e. The minimum atomic E-state index is -0.375. The Kier molecular flexibility index (Phi) is 4.52. The van der Waals surface area contributed by atoms with Crippen LogP contribution in [-0.4, -0.2) is 10.9 Å². The van der Waals surface area contributed by atoms with Gasteiger partial charge in [0.1, 0.15) is 11.6 Å². The van der Waals surface area contributed by atoms with E-state index in [9.17, 15) is 9.18 Å². The van der Waals surface area contributed by atoms with Crippen molar-refractivity contribution in [3.05, 3.63) is 83.8 Å². The largest absolute Gasteiger partial charge is 0.340 e. The number of pyridine rings is 1. The molecular formula is C19H16FN3O. The second kappa shape index (κ2) is 6.91. The first-order valence-electron chi connectivity index (χ1n) is 7.47. The normalized spacial score (nSPS) is 10.2. The molecule has 3 aromatic rings. The third kappa shape index (κ3) is 3.95. The monoisotopic (exact) mass is 321 g/mol. The van der Waals surface area contributed by atoms with Gasteiger partial charge < -0.3 is 10.6 Å². The highest BCUT2D eigenvalue weighted by Gasteiger charge is 2.06. The Morgan fingerprint density at radius 1 is 1.00 bits per heavy atom. The maximum Gasteiger partial charge on any atom is 0.255 e. The summed E-state index contributed by atoms with van der Waals surface area (Å²) in [5.41, 5.74) is 3.06. The van der Waals surface area contributed by atoms with E-state index >= 15 is 0 Å². The average Bonchev–Trinajstić information content (AvgIpc) is 2.57. The van der Waals surface area contributed by atoms with E-state index in [0.29, 0.717) is 17.1 Å². The van der Waals surface area contributed by atoms with E-state index in [1.54, 1.807) is 18.3 Å². The van der Waals surface area contributed by atoms with Crippen molar-refractivity contribution in [2.75, 3.05) is 10.6 Å². The Bertz CT molecular complexity index is 845. The fourth-order valence-electron chi connectivity index (χ4n) is 2.22. The van der Waals surface area contributed by atoms with Gasteiger partial charge in [0.15, 0.2) is 0 Å². The summed E-state index contributed by atoms with van der Waals surface area (Å²) in [7, 11) is 0. The van der Waals surface area contributed by atoms with Gasteiger partial charge in [-0.1, -0.05) is 12.1 Å². The van der Waals surface area contributed by atoms with E-state index in [0.717, 1.165) is 11.3 Å². The smallest absolute Gasteiger partial charge is 0.255 e. The Hall–Kier alpha value is -3.21. The van der Waals surface area contributed by atoms with Crippen molar-refractivity contribution < 1.29 is 9.18 Å². The molecule has 5 heteroatoms. The van der Waals surface area contributed by atoms with Crippen LogP contribution >= 0.6 is 0 Å². The molecule has 120 valence electrons. The Morgan fingerprint density at radius 2 is 1.79 bits per heavy atom. The van der Waals surface area contributed by atoms with Crippen LogP contribution in [0.2, 0.25) is 0 Å². The standard InChI is InChI=1S/C19H16FN3O/c1-13-3-2-4-16(11-13)22-18-10-9-17(12-21-18)23-19(24)14-5-7-15(20)8-6-14/h2-12H,1H3,(H,21,22)(H,23,24). The molecule has 4 nitrogen and oxygen atoms in total. The molecule has 0 bridgehead atoms. The van der Waals surface area contributed by atoms with Crippen LogP contribution in [0.4, 0.5) is 21.6 Å². The van der Waals surface area contributed by atoms with E-state index in [1.807, 2.05) is 31.2 Å². The molecular weight excluding hydrogens is 305 g/mol. The topological polar surface area (TPSA) is 54.0 Å². The van der Waals surface area contributed by atoms with Gasteiger partial charge in [-0.25, -0.2) is 9.37 Å². The number of amides is 1. The van der Waals surface area contributed by atoms with Crippen LogP contribution in [-0.2, 0) is 0 Å². The molecule has 3 rings (SSSR count). The number of benzene rings is 2. The molecule has 2 aromatic carbocycles. The number of carbonyl (C=O) groups excluding carboxylic acids is 1. The fourth-order valence-corrected chi connectivity index (χ4v) is 2.22. The van der Waals surface area contributed by atoms with Crippen molar-refractivity contribution in [3.63, 3.8) is 0 Å². The lowest BCUT2D eigenvalue weighted by atomic mass is 10.2. The molecule has 0 atom stereocenters. The summed E-state index contributed by atoms with van der Waals surface area (Å²) >= 11 is 0. The van der Waals surface area contributed by atoms with E-state index in [1.165, 1.54) is 24.3 Å². The first-order chi connectivity index (χ1) is 11.6. The molecule has 1 heterocycles. The van der Waals surface area contributed by atoms with Crippen LogP contribution in [0.1, 0.15) is 15.9 Å². The third-order valence-corrected chi connectivity index (χ3v) is 3.42. The van der Waals surface area contributed by atoms with Crippen LogP contribution in [0.5, 0.6) is 0 Å². The fraction of sp³-hybridized carbons (Fsp3) is 0.0526. The lowest BCUT2D eigenvalue weighted by Gasteiger charge is -2.08. The summed E-state index contributed by atoms with van der Waals surface area (Å²) < 4.78 is 12.9. The molecule has 0 unspecified atom stereocenters. The van der Waals surface area contributed by atoms with Crippen LogP contribution in [0.25, 0.3) is 0 Å². The molecule has 2 N–H and O–H groups in total. The maximum absolute atomic E-state index is 12.9. The quantitative estimate of drug-likeness (QED) is 0.742. The molecule has 0 aliphatic rings. The van der Waals surface area contributed by atoms with Gasteiger partial charge >= 0.3 is 0 Å². The van der Waals surface area contributed by atoms with Crippen LogP contribution < -0.4 is 10.6 Å². The number of nitrogens with one attached hydrogen (secondary N) is 2. The highest BCUT2D eigenvalue weighted by molar-refractivity contribution is 6.04. The van der Waals surface area contributed by atoms with Crippen molar-refractivity contribution in [2.45, 2.75) is 6.92 Å².